The Labute approximate surface area is 103 Å². The van der Waals surface area contributed by atoms with Gasteiger partial charge in [0.15, 0.2) is 0 Å². The summed E-state index contributed by atoms with van der Waals surface area (Å²) in [4.78, 5) is 13.7. The second-order valence-corrected chi connectivity index (χ2v) is 5.55. The van der Waals surface area contributed by atoms with E-state index >= 15 is 0 Å². The van der Waals surface area contributed by atoms with Gasteiger partial charge in [-0.2, -0.15) is 0 Å². The minimum absolute atomic E-state index is 0.0632. The number of aliphatic hydroxyl groups excluding tert-OH is 1. The monoisotopic (exact) mass is 240 g/mol. The van der Waals surface area contributed by atoms with Crippen molar-refractivity contribution in [3.8, 4) is 0 Å². The molecule has 4 heteroatoms. The van der Waals surface area contributed by atoms with Crippen LogP contribution in [0.1, 0.15) is 39.0 Å². The highest BCUT2D eigenvalue weighted by atomic mass is 16.3. The fourth-order valence-corrected chi connectivity index (χ4v) is 3.07. The second-order valence-electron chi connectivity index (χ2n) is 5.55. The molecule has 2 aliphatic rings. The predicted octanol–water partition coefficient (Wildman–Crippen LogP) is 0.748. The highest BCUT2D eigenvalue weighted by Gasteiger charge is 2.33. The molecule has 0 aromatic rings. The maximum atomic E-state index is 11.2. The lowest BCUT2D eigenvalue weighted by Crippen LogP contribution is -2.55. The number of likely N-dealkylation sites (tertiary alicyclic amines) is 1. The van der Waals surface area contributed by atoms with Crippen molar-refractivity contribution in [2.75, 3.05) is 19.7 Å². The zero-order valence-electron chi connectivity index (χ0n) is 10.7. The molecule has 0 radical (unpaired) electrons. The standard InChI is InChI=1S/C13H24N2O2/c1-10(17)14-12-7-11(5-6-16)8-15(9-12)13-3-2-4-13/h11-13,16H,2-9H2,1H3,(H,14,17). The molecule has 98 valence electrons. The van der Waals surface area contributed by atoms with Crippen LogP contribution in [0.3, 0.4) is 0 Å². The largest absolute Gasteiger partial charge is 0.396 e. The van der Waals surface area contributed by atoms with Crippen molar-refractivity contribution in [3.05, 3.63) is 0 Å². The Morgan fingerprint density at radius 1 is 1.41 bits per heavy atom. The molecular formula is C13H24N2O2. The average molecular weight is 240 g/mol. The lowest BCUT2D eigenvalue weighted by molar-refractivity contribution is -0.120. The highest BCUT2D eigenvalue weighted by Crippen LogP contribution is 2.30. The van der Waals surface area contributed by atoms with E-state index in [2.05, 4.69) is 10.2 Å². The summed E-state index contributed by atoms with van der Waals surface area (Å²) in [6.07, 6.45) is 5.83. The van der Waals surface area contributed by atoms with Crippen LogP contribution in [0.25, 0.3) is 0 Å². The van der Waals surface area contributed by atoms with E-state index in [9.17, 15) is 4.79 Å². The fourth-order valence-electron chi connectivity index (χ4n) is 3.07. The third-order valence-corrected chi connectivity index (χ3v) is 4.10. The van der Waals surface area contributed by atoms with E-state index in [1.165, 1.54) is 19.3 Å². The summed E-state index contributed by atoms with van der Waals surface area (Å²) < 4.78 is 0. The Hall–Kier alpha value is -0.610. The molecule has 2 rings (SSSR count). The highest BCUT2D eigenvalue weighted by molar-refractivity contribution is 5.73. The zero-order chi connectivity index (χ0) is 12.3. The van der Waals surface area contributed by atoms with Crippen molar-refractivity contribution < 1.29 is 9.90 Å². The molecule has 2 N–H and O–H groups in total. The molecule has 2 unspecified atom stereocenters. The number of aliphatic hydroxyl groups is 1. The van der Waals surface area contributed by atoms with Gasteiger partial charge in [-0.25, -0.2) is 0 Å². The van der Waals surface area contributed by atoms with E-state index in [4.69, 9.17) is 5.11 Å². The molecule has 4 nitrogen and oxygen atoms in total. The topological polar surface area (TPSA) is 52.6 Å². The Kier molecular flexibility index (Phi) is 4.40. The summed E-state index contributed by atoms with van der Waals surface area (Å²) in [5.41, 5.74) is 0. The van der Waals surface area contributed by atoms with E-state index in [1.807, 2.05) is 0 Å². The second kappa shape index (κ2) is 5.83. The predicted molar refractivity (Wildman–Crippen MR) is 66.6 cm³/mol. The van der Waals surface area contributed by atoms with Crippen molar-refractivity contribution in [1.29, 1.82) is 0 Å². The number of rotatable bonds is 4. The van der Waals surface area contributed by atoms with Gasteiger partial charge in [0.25, 0.3) is 0 Å². The Morgan fingerprint density at radius 2 is 2.18 bits per heavy atom. The van der Waals surface area contributed by atoms with E-state index < -0.39 is 0 Å². The van der Waals surface area contributed by atoms with Gasteiger partial charge in [-0.15, -0.1) is 0 Å². The SMILES string of the molecule is CC(=O)NC1CC(CCO)CN(C2CCC2)C1. The van der Waals surface area contributed by atoms with Gasteiger partial charge in [0, 0.05) is 38.7 Å². The minimum atomic E-state index is 0.0632. The maximum absolute atomic E-state index is 11.2. The first-order valence-electron chi connectivity index (χ1n) is 6.81. The van der Waals surface area contributed by atoms with Gasteiger partial charge in [0.2, 0.25) is 5.91 Å². The van der Waals surface area contributed by atoms with Gasteiger partial charge < -0.3 is 10.4 Å². The molecule has 1 aliphatic carbocycles. The van der Waals surface area contributed by atoms with Gasteiger partial charge in [-0.1, -0.05) is 6.42 Å². The van der Waals surface area contributed by atoms with Crippen LogP contribution < -0.4 is 5.32 Å². The quantitative estimate of drug-likeness (QED) is 0.762. The number of amides is 1. The molecule has 1 saturated carbocycles. The van der Waals surface area contributed by atoms with Crippen molar-refractivity contribution in [2.24, 2.45) is 5.92 Å². The van der Waals surface area contributed by atoms with Crippen LogP contribution in [0, 0.1) is 5.92 Å². The Morgan fingerprint density at radius 3 is 2.71 bits per heavy atom. The molecule has 17 heavy (non-hydrogen) atoms. The summed E-state index contributed by atoms with van der Waals surface area (Å²) >= 11 is 0. The van der Waals surface area contributed by atoms with Crippen molar-refractivity contribution in [2.45, 2.75) is 51.1 Å². The summed E-state index contributed by atoms with van der Waals surface area (Å²) in [6.45, 7) is 3.94. The van der Waals surface area contributed by atoms with E-state index in [1.54, 1.807) is 6.92 Å². The van der Waals surface area contributed by atoms with Crippen molar-refractivity contribution >= 4 is 5.91 Å². The van der Waals surface area contributed by atoms with Crippen LogP contribution in [-0.2, 0) is 4.79 Å². The summed E-state index contributed by atoms with van der Waals surface area (Å²) in [7, 11) is 0. The smallest absolute Gasteiger partial charge is 0.217 e. The summed E-state index contributed by atoms with van der Waals surface area (Å²) in [5, 5.41) is 12.1. The Bertz CT molecular complexity index is 266. The van der Waals surface area contributed by atoms with Gasteiger partial charge in [0.05, 0.1) is 0 Å². The molecule has 2 fully saturated rings. The number of carbonyl (C=O) groups is 1. The first-order valence-corrected chi connectivity index (χ1v) is 6.81. The number of carbonyl (C=O) groups excluding carboxylic acids is 1. The Balaban J connectivity index is 1.91. The van der Waals surface area contributed by atoms with Crippen LogP contribution in [0.2, 0.25) is 0 Å². The third kappa shape index (κ3) is 3.42. The van der Waals surface area contributed by atoms with Gasteiger partial charge in [-0.05, 0) is 31.6 Å². The van der Waals surface area contributed by atoms with E-state index in [-0.39, 0.29) is 18.6 Å². The third-order valence-electron chi connectivity index (χ3n) is 4.10. The molecule has 0 spiro atoms. The molecule has 0 aromatic heterocycles. The maximum Gasteiger partial charge on any atom is 0.217 e. The van der Waals surface area contributed by atoms with Gasteiger partial charge in [-0.3, -0.25) is 9.69 Å². The molecule has 1 aliphatic heterocycles. The lowest BCUT2D eigenvalue weighted by atomic mass is 9.85. The van der Waals surface area contributed by atoms with Crippen LogP contribution >= 0.6 is 0 Å². The first-order chi connectivity index (χ1) is 8.19. The van der Waals surface area contributed by atoms with Crippen LogP contribution in [0.5, 0.6) is 0 Å². The molecule has 0 aromatic carbocycles. The number of piperidine rings is 1. The van der Waals surface area contributed by atoms with Crippen molar-refractivity contribution in [1.82, 2.24) is 10.2 Å². The van der Waals surface area contributed by atoms with E-state index in [0.29, 0.717) is 5.92 Å². The van der Waals surface area contributed by atoms with Gasteiger partial charge >= 0.3 is 0 Å². The normalized spacial score (nSPS) is 30.9. The van der Waals surface area contributed by atoms with E-state index in [0.717, 1.165) is 32.0 Å². The molecule has 1 heterocycles. The summed E-state index contributed by atoms with van der Waals surface area (Å²) in [5.74, 6) is 0.597. The summed E-state index contributed by atoms with van der Waals surface area (Å²) in [6, 6.07) is 1.01. The molecule has 0 bridgehead atoms. The molecule has 1 saturated heterocycles. The van der Waals surface area contributed by atoms with Crippen LogP contribution in [0.15, 0.2) is 0 Å². The van der Waals surface area contributed by atoms with Gasteiger partial charge in [0.1, 0.15) is 0 Å². The number of nitrogens with zero attached hydrogens (tertiary/aromatic N) is 1. The minimum Gasteiger partial charge on any atom is -0.396 e. The fraction of sp³-hybridized carbons (Fsp3) is 0.923. The van der Waals surface area contributed by atoms with Crippen LogP contribution in [0.4, 0.5) is 0 Å². The number of hydrogen-bond donors (Lipinski definition) is 2. The first kappa shape index (κ1) is 12.8. The molecule has 2 atom stereocenters. The molecule has 1 amide bonds. The number of hydrogen-bond acceptors (Lipinski definition) is 3. The average Bonchev–Trinajstić information content (AvgIpc) is 2.13. The van der Waals surface area contributed by atoms with Crippen molar-refractivity contribution in [3.63, 3.8) is 0 Å². The zero-order valence-corrected chi connectivity index (χ0v) is 10.7. The van der Waals surface area contributed by atoms with Crippen LogP contribution in [-0.4, -0.2) is 47.7 Å². The molecular weight excluding hydrogens is 216 g/mol. The number of nitrogens with one attached hydrogen (secondary N) is 1. The lowest BCUT2D eigenvalue weighted by Gasteiger charge is -2.45.